The molecule has 5 nitrogen and oxygen atoms in total. The number of ether oxygens (including phenoxy) is 2. The van der Waals surface area contributed by atoms with Gasteiger partial charge in [-0.25, -0.2) is 4.79 Å². The normalized spacial score (nSPS) is 9.50. The van der Waals surface area contributed by atoms with E-state index in [0.29, 0.717) is 6.61 Å². The van der Waals surface area contributed by atoms with E-state index in [4.69, 9.17) is 9.84 Å². The Morgan fingerprint density at radius 3 is 2.92 bits per heavy atom. The van der Waals surface area contributed by atoms with Gasteiger partial charge in [0, 0.05) is 6.54 Å². The predicted molar refractivity (Wildman–Crippen MR) is 42.4 cm³/mol. The highest BCUT2D eigenvalue weighted by Crippen LogP contribution is 1.81. The quantitative estimate of drug-likeness (QED) is 0.555. The Labute approximate surface area is 71.7 Å². The first-order chi connectivity index (χ1) is 5.81. The van der Waals surface area contributed by atoms with Crippen LogP contribution in [-0.2, 0) is 9.47 Å². The summed E-state index contributed by atoms with van der Waals surface area (Å²) < 4.78 is 9.45. The fourth-order valence-corrected chi connectivity index (χ4v) is 0.509. The molecular weight excluding hydrogens is 162 g/mol. The lowest BCUT2D eigenvalue weighted by molar-refractivity contribution is 0.0997. The Balaban J connectivity index is 3.08. The van der Waals surface area contributed by atoms with Crippen molar-refractivity contribution in [3.8, 4) is 0 Å². The zero-order valence-corrected chi connectivity index (χ0v) is 7.08. The van der Waals surface area contributed by atoms with E-state index in [0.717, 1.165) is 0 Å². The molecule has 2 N–H and O–H groups in total. The smallest absolute Gasteiger partial charge is 0.407 e. The van der Waals surface area contributed by atoms with Crippen molar-refractivity contribution in [1.29, 1.82) is 0 Å². The first-order valence-corrected chi connectivity index (χ1v) is 3.72. The SMILES string of the molecule is C[CH]OCCOC(=O)NCCO. The van der Waals surface area contributed by atoms with Crippen LogP contribution in [-0.4, -0.2) is 37.6 Å². The van der Waals surface area contributed by atoms with E-state index >= 15 is 0 Å². The van der Waals surface area contributed by atoms with E-state index in [1.54, 1.807) is 6.92 Å². The van der Waals surface area contributed by atoms with Gasteiger partial charge in [0.2, 0.25) is 0 Å². The largest absolute Gasteiger partial charge is 0.447 e. The average molecular weight is 176 g/mol. The molecule has 0 bridgehead atoms. The van der Waals surface area contributed by atoms with E-state index < -0.39 is 6.09 Å². The van der Waals surface area contributed by atoms with E-state index in [-0.39, 0.29) is 19.8 Å². The van der Waals surface area contributed by atoms with Crippen LogP contribution >= 0.6 is 0 Å². The minimum absolute atomic E-state index is 0.0890. The number of aliphatic hydroxyl groups is 1. The first kappa shape index (κ1) is 11.2. The minimum atomic E-state index is -0.538. The second-order valence-corrected chi connectivity index (χ2v) is 1.89. The Morgan fingerprint density at radius 1 is 1.58 bits per heavy atom. The summed E-state index contributed by atoms with van der Waals surface area (Å²) in [5, 5.41) is 10.7. The Kier molecular flexibility index (Phi) is 7.73. The topological polar surface area (TPSA) is 67.8 Å². The molecule has 71 valence electrons. The highest BCUT2D eigenvalue weighted by molar-refractivity contribution is 5.66. The number of aliphatic hydroxyl groups excluding tert-OH is 1. The molecule has 12 heavy (non-hydrogen) atoms. The zero-order chi connectivity index (χ0) is 9.23. The van der Waals surface area contributed by atoms with Crippen LogP contribution in [0.15, 0.2) is 0 Å². The van der Waals surface area contributed by atoms with Crippen molar-refractivity contribution in [2.75, 3.05) is 26.4 Å². The van der Waals surface area contributed by atoms with Crippen molar-refractivity contribution < 1.29 is 19.4 Å². The monoisotopic (exact) mass is 176 g/mol. The van der Waals surface area contributed by atoms with Crippen molar-refractivity contribution in [2.45, 2.75) is 6.92 Å². The average Bonchev–Trinajstić information content (AvgIpc) is 2.09. The van der Waals surface area contributed by atoms with E-state index in [1.165, 1.54) is 6.61 Å². The summed E-state index contributed by atoms with van der Waals surface area (Å²) in [4.78, 5) is 10.7. The molecule has 0 atom stereocenters. The maximum atomic E-state index is 10.7. The molecule has 0 saturated heterocycles. The summed E-state index contributed by atoms with van der Waals surface area (Å²) >= 11 is 0. The van der Waals surface area contributed by atoms with Gasteiger partial charge >= 0.3 is 6.09 Å². The fraction of sp³-hybridized carbons (Fsp3) is 0.714. The van der Waals surface area contributed by atoms with Crippen LogP contribution in [0.3, 0.4) is 0 Å². The lowest BCUT2D eigenvalue weighted by Gasteiger charge is -2.04. The highest BCUT2D eigenvalue weighted by atomic mass is 16.6. The van der Waals surface area contributed by atoms with Gasteiger partial charge in [-0.15, -0.1) is 0 Å². The molecular formula is C7H14NO4. The Hall–Kier alpha value is -0.810. The maximum absolute atomic E-state index is 10.7. The molecule has 0 heterocycles. The van der Waals surface area contributed by atoms with Crippen molar-refractivity contribution in [3.05, 3.63) is 6.61 Å². The molecule has 0 fully saturated rings. The van der Waals surface area contributed by atoms with Crippen molar-refractivity contribution in [2.24, 2.45) is 0 Å². The number of amides is 1. The van der Waals surface area contributed by atoms with Crippen LogP contribution in [0, 0.1) is 6.61 Å². The maximum Gasteiger partial charge on any atom is 0.407 e. The standard InChI is InChI=1S/C7H14NO4/c1-2-11-5-6-12-7(10)8-3-4-9/h2,9H,3-6H2,1H3,(H,8,10). The van der Waals surface area contributed by atoms with Gasteiger partial charge in [0.05, 0.1) is 19.8 Å². The second kappa shape index (κ2) is 8.29. The van der Waals surface area contributed by atoms with Gasteiger partial charge in [-0.1, -0.05) is 0 Å². The van der Waals surface area contributed by atoms with Gasteiger partial charge in [-0.3, -0.25) is 0 Å². The van der Waals surface area contributed by atoms with Gasteiger partial charge in [-0.2, -0.15) is 0 Å². The Morgan fingerprint density at radius 2 is 2.33 bits per heavy atom. The van der Waals surface area contributed by atoms with Crippen molar-refractivity contribution >= 4 is 6.09 Å². The van der Waals surface area contributed by atoms with Gasteiger partial charge in [0.15, 0.2) is 0 Å². The number of hydrogen-bond donors (Lipinski definition) is 2. The number of carbonyl (C=O) groups excluding carboxylic acids is 1. The number of rotatable bonds is 6. The fourth-order valence-electron chi connectivity index (χ4n) is 0.509. The van der Waals surface area contributed by atoms with E-state index in [2.05, 4.69) is 10.1 Å². The van der Waals surface area contributed by atoms with Gasteiger partial charge in [0.25, 0.3) is 0 Å². The molecule has 0 aromatic carbocycles. The van der Waals surface area contributed by atoms with Crippen LogP contribution in [0.5, 0.6) is 0 Å². The lowest BCUT2D eigenvalue weighted by Crippen LogP contribution is -2.28. The highest BCUT2D eigenvalue weighted by Gasteiger charge is 1.98. The molecule has 1 amide bonds. The molecule has 0 aromatic heterocycles. The number of carbonyl (C=O) groups is 1. The van der Waals surface area contributed by atoms with Crippen LogP contribution in [0.4, 0.5) is 4.79 Å². The third-order valence-electron chi connectivity index (χ3n) is 0.982. The molecule has 0 rings (SSSR count). The summed E-state index contributed by atoms with van der Waals surface area (Å²) in [7, 11) is 0. The first-order valence-electron chi connectivity index (χ1n) is 3.72. The van der Waals surface area contributed by atoms with Crippen LogP contribution in [0.25, 0.3) is 0 Å². The minimum Gasteiger partial charge on any atom is -0.447 e. The lowest BCUT2D eigenvalue weighted by atomic mass is 10.7. The summed E-state index contributed by atoms with van der Waals surface area (Å²) in [5.41, 5.74) is 0. The third kappa shape index (κ3) is 7.30. The Bertz CT molecular complexity index is 118. The molecule has 0 aromatic rings. The molecule has 0 unspecified atom stereocenters. The molecule has 1 radical (unpaired) electrons. The predicted octanol–water partition coefficient (Wildman–Crippen LogP) is -0.0968. The molecule has 5 heteroatoms. The number of hydrogen-bond acceptors (Lipinski definition) is 4. The summed E-state index contributed by atoms with van der Waals surface area (Å²) in [6.45, 7) is 3.94. The summed E-state index contributed by atoms with van der Waals surface area (Å²) in [6.07, 6.45) is -0.538. The number of nitrogens with one attached hydrogen (secondary N) is 1. The van der Waals surface area contributed by atoms with Gasteiger partial charge in [-0.05, 0) is 6.92 Å². The van der Waals surface area contributed by atoms with Crippen molar-refractivity contribution in [1.82, 2.24) is 5.32 Å². The van der Waals surface area contributed by atoms with Crippen LogP contribution in [0.1, 0.15) is 6.92 Å². The molecule has 0 spiro atoms. The van der Waals surface area contributed by atoms with Gasteiger partial charge < -0.3 is 19.9 Å². The summed E-state index contributed by atoms with van der Waals surface area (Å²) in [5.74, 6) is 0. The van der Waals surface area contributed by atoms with Crippen LogP contribution < -0.4 is 5.32 Å². The second-order valence-electron chi connectivity index (χ2n) is 1.89. The van der Waals surface area contributed by atoms with Gasteiger partial charge in [0.1, 0.15) is 6.61 Å². The van der Waals surface area contributed by atoms with E-state index in [9.17, 15) is 4.79 Å². The molecule has 0 saturated carbocycles. The third-order valence-corrected chi connectivity index (χ3v) is 0.982. The zero-order valence-electron chi connectivity index (χ0n) is 7.08. The molecule has 0 aliphatic heterocycles. The number of alkyl carbamates (subject to hydrolysis) is 1. The summed E-state index contributed by atoms with van der Waals surface area (Å²) in [6, 6.07) is 0. The molecule has 0 aliphatic carbocycles. The van der Waals surface area contributed by atoms with E-state index in [1.807, 2.05) is 0 Å². The van der Waals surface area contributed by atoms with Crippen LogP contribution in [0.2, 0.25) is 0 Å². The molecule has 0 aliphatic rings. The van der Waals surface area contributed by atoms with Crippen molar-refractivity contribution in [3.63, 3.8) is 0 Å².